The van der Waals surface area contributed by atoms with E-state index in [2.05, 4.69) is 15.5 Å². The third kappa shape index (κ3) is 5.68. The summed E-state index contributed by atoms with van der Waals surface area (Å²) in [7, 11) is 7.32. The van der Waals surface area contributed by atoms with Crippen molar-refractivity contribution in [2.24, 2.45) is 14.1 Å². The van der Waals surface area contributed by atoms with Gasteiger partial charge in [-0.1, -0.05) is 0 Å². The summed E-state index contributed by atoms with van der Waals surface area (Å²) in [6.45, 7) is 1.51. The Hall–Kier alpha value is -3.14. The normalized spacial score (nSPS) is 10.9. The van der Waals surface area contributed by atoms with Crippen molar-refractivity contribution < 1.29 is 14.5 Å². The number of amides is 2. The van der Waals surface area contributed by atoms with Crippen LogP contribution >= 0.6 is 0 Å². The van der Waals surface area contributed by atoms with Crippen LogP contribution in [0, 0.1) is 10.1 Å². The lowest BCUT2D eigenvalue weighted by atomic mass is 10.2. The van der Waals surface area contributed by atoms with Gasteiger partial charge in [0.15, 0.2) is 0 Å². The number of nitro groups is 1. The van der Waals surface area contributed by atoms with E-state index >= 15 is 0 Å². The topological polar surface area (TPSA) is 114 Å². The minimum Gasteiger partial charge on any atom is -0.356 e. The summed E-state index contributed by atoms with van der Waals surface area (Å²) >= 11 is 0. The van der Waals surface area contributed by atoms with E-state index in [-0.39, 0.29) is 23.7 Å². The number of carbonyl (C=O) groups is 2. The van der Waals surface area contributed by atoms with Gasteiger partial charge in [-0.3, -0.25) is 19.7 Å². The molecule has 0 aliphatic rings. The van der Waals surface area contributed by atoms with E-state index in [1.54, 1.807) is 30.9 Å². The quantitative estimate of drug-likeness (QED) is 0.378. The zero-order valence-electron chi connectivity index (χ0n) is 16.6. The van der Waals surface area contributed by atoms with Gasteiger partial charge in [0, 0.05) is 38.6 Å². The molecule has 28 heavy (non-hydrogen) atoms. The molecule has 10 heteroatoms. The van der Waals surface area contributed by atoms with Crippen LogP contribution < -0.4 is 10.6 Å². The minimum absolute atomic E-state index is 0.0871. The fraction of sp³-hybridized carbons (Fsp3) is 0.444. The molecule has 0 bridgehead atoms. The molecule has 10 nitrogen and oxygen atoms in total. The van der Waals surface area contributed by atoms with E-state index in [9.17, 15) is 19.7 Å². The van der Waals surface area contributed by atoms with Crippen LogP contribution in [0.4, 0.5) is 11.4 Å². The molecule has 2 amide bonds. The van der Waals surface area contributed by atoms with Gasteiger partial charge in [-0.2, -0.15) is 0 Å². The van der Waals surface area contributed by atoms with Crippen molar-refractivity contribution in [3.8, 4) is 0 Å². The first-order valence-corrected chi connectivity index (χ1v) is 8.86. The lowest BCUT2D eigenvalue weighted by Gasteiger charge is -2.10. The van der Waals surface area contributed by atoms with Crippen LogP contribution in [0.25, 0.3) is 0 Å². The molecule has 0 aliphatic heterocycles. The molecule has 0 aliphatic carbocycles. The van der Waals surface area contributed by atoms with Crippen LogP contribution in [0.2, 0.25) is 0 Å². The monoisotopic (exact) mass is 390 g/mol. The highest BCUT2D eigenvalue weighted by molar-refractivity contribution is 6.03. The van der Waals surface area contributed by atoms with Crippen molar-refractivity contribution in [2.75, 3.05) is 32.5 Å². The second-order valence-electron chi connectivity index (χ2n) is 6.92. The molecule has 2 aromatic rings. The molecule has 0 atom stereocenters. The lowest BCUT2D eigenvalue weighted by molar-refractivity contribution is -0.384. The number of nitrogens with one attached hydrogen (secondary N) is 2. The highest BCUT2D eigenvalue weighted by Gasteiger charge is 2.18. The van der Waals surface area contributed by atoms with Crippen molar-refractivity contribution in [1.82, 2.24) is 19.4 Å². The molecule has 0 fully saturated rings. The standard InChI is InChI=1S/C18H26N6O4/c1-21(2)7-5-6-19-17(25)10-14-8-13(11-22(14)3)20-18(26)16-9-15(24(27)28)12-23(16)4/h8-9,11-12H,5-7,10H2,1-4H3,(H,19,25)(H,20,26). The summed E-state index contributed by atoms with van der Waals surface area (Å²) in [5.74, 6) is -0.545. The van der Waals surface area contributed by atoms with Crippen LogP contribution in [0.1, 0.15) is 22.6 Å². The van der Waals surface area contributed by atoms with Gasteiger partial charge < -0.3 is 24.7 Å². The van der Waals surface area contributed by atoms with Crippen LogP contribution in [-0.4, -0.2) is 58.0 Å². The summed E-state index contributed by atoms with van der Waals surface area (Å²) in [5.41, 5.74) is 1.30. The first-order chi connectivity index (χ1) is 13.2. The predicted octanol–water partition coefficient (Wildman–Crippen LogP) is 1.13. The minimum atomic E-state index is -0.547. The van der Waals surface area contributed by atoms with Crippen LogP contribution in [0.3, 0.4) is 0 Å². The number of anilines is 1. The molecule has 0 spiro atoms. The summed E-state index contributed by atoms with van der Waals surface area (Å²) in [4.78, 5) is 36.8. The van der Waals surface area contributed by atoms with Gasteiger partial charge >= 0.3 is 0 Å². The Bertz CT molecular complexity index is 868. The predicted molar refractivity (Wildman–Crippen MR) is 105 cm³/mol. The second kappa shape index (κ2) is 9.18. The Morgan fingerprint density at radius 2 is 1.89 bits per heavy atom. The summed E-state index contributed by atoms with van der Waals surface area (Å²) in [6.07, 6.45) is 4.05. The second-order valence-corrected chi connectivity index (χ2v) is 6.92. The Morgan fingerprint density at radius 3 is 2.50 bits per heavy atom. The smallest absolute Gasteiger partial charge is 0.287 e. The van der Waals surface area contributed by atoms with Gasteiger partial charge in [-0.25, -0.2) is 0 Å². The van der Waals surface area contributed by atoms with Gasteiger partial charge in [-0.15, -0.1) is 0 Å². The lowest BCUT2D eigenvalue weighted by Crippen LogP contribution is -2.28. The van der Waals surface area contributed by atoms with E-state index < -0.39 is 10.8 Å². The SMILES string of the molecule is CN(C)CCCNC(=O)Cc1cc(NC(=O)c2cc([N+](=O)[O-])cn2C)cn1C. The number of hydrogen-bond donors (Lipinski definition) is 2. The van der Waals surface area contributed by atoms with E-state index in [4.69, 9.17) is 0 Å². The largest absolute Gasteiger partial charge is 0.356 e. The number of hydrogen-bond acceptors (Lipinski definition) is 5. The molecule has 152 valence electrons. The number of aromatic nitrogens is 2. The van der Waals surface area contributed by atoms with Crippen LogP contribution in [0.5, 0.6) is 0 Å². The van der Waals surface area contributed by atoms with Crippen molar-refractivity contribution in [3.63, 3.8) is 0 Å². The van der Waals surface area contributed by atoms with Crippen molar-refractivity contribution in [3.05, 3.63) is 46.0 Å². The first kappa shape index (κ1) is 21.2. The molecule has 2 heterocycles. The molecule has 0 saturated heterocycles. The fourth-order valence-corrected chi connectivity index (χ4v) is 2.77. The maximum Gasteiger partial charge on any atom is 0.287 e. The molecule has 0 unspecified atom stereocenters. The Labute approximate surface area is 163 Å². The molecule has 0 radical (unpaired) electrons. The van der Waals surface area contributed by atoms with Crippen molar-refractivity contribution in [2.45, 2.75) is 12.8 Å². The summed E-state index contributed by atoms with van der Waals surface area (Å²) in [5, 5.41) is 16.4. The molecule has 2 aromatic heterocycles. The van der Waals surface area contributed by atoms with Gasteiger partial charge in [0.05, 0.1) is 23.2 Å². The average Bonchev–Trinajstić information content (AvgIpc) is 3.14. The van der Waals surface area contributed by atoms with E-state index in [0.29, 0.717) is 12.2 Å². The zero-order chi connectivity index (χ0) is 20.8. The van der Waals surface area contributed by atoms with E-state index in [0.717, 1.165) is 18.7 Å². The van der Waals surface area contributed by atoms with Gasteiger partial charge in [0.1, 0.15) is 5.69 Å². The molecule has 2 rings (SSSR count). The molecular weight excluding hydrogens is 364 g/mol. The van der Waals surface area contributed by atoms with Gasteiger partial charge in [0.25, 0.3) is 11.6 Å². The van der Waals surface area contributed by atoms with Crippen LogP contribution in [0.15, 0.2) is 24.5 Å². The summed E-state index contributed by atoms with van der Waals surface area (Å²) < 4.78 is 3.17. The number of carbonyl (C=O) groups excluding carboxylic acids is 2. The third-order valence-corrected chi connectivity index (χ3v) is 4.25. The molecule has 0 aromatic carbocycles. The highest BCUT2D eigenvalue weighted by atomic mass is 16.6. The maximum absolute atomic E-state index is 12.4. The van der Waals surface area contributed by atoms with Crippen molar-refractivity contribution >= 4 is 23.2 Å². The maximum atomic E-state index is 12.4. The summed E-state index contributed by atoms with van der Waals surface area (Å²) in [6, 6.07) is 2.94. The third-order valence-electron chi connectivity index (χ3n) is 4.25. The number of rotatable bonds is 9. The molecule has 0 saturated carbocycles. The fourth-order valence-electron chi connectivity index (χ4n) is 2.77. The molecular formula is C18H26N6O4. The van der Waals surface area contributed by atoms with Crippen molar-refractivity contribution in [1.29, 1.82) is 0 Å². The zero-order valence-corrected chi connectivity index (χ0v) is 16.6. The highest BCUT2D eigenvalue weighted by Crippen LogP contribution is 2.18. The molecule has 2 N–H and O–H groups in total. The number of nitrogens with zero attached hydrogens (tertiary/aromatic N) is 4. The Balaban J connectivity index is 1.95. The number of aryl methyl sites for hydroxylation is 2. The Kier molecular flexibility index (Phi) is 6.94. The average molecular weight is 390 g/mol. The van der Waals surface area contributed by atoms with Gasteiger partial charge in [-0.05, 0) is 33.1 Å². The Morgan fingerprint density at radius 1 is 1.18 bits per heavy atom. The van der Waals surface area contributed by atoms with Crippen LogP contribution in [-0.2, 0) is 25.3 Å². The first-order valence-electron chi connectivity index (χ1n) is 8.86. The van der Waals surface area contributed by atoms with E-state index in [1.807, 2.05) is 14.1 Å². The van der Waals surface area contributed by atoms with Gasteiger partial charge in [0.2, 0.25) is 5.91 Å². The van der Waals surface area contributed by atoms with E-state index in [1.165, 1.54) is 16.8 Å².